The molecule has 158 valence electrons. The van der Waals surface area contributed by atoms with E-state index in [0.717, 1.165) is 18.4 Å². The zero-order valence-electron chi connectivity index (χ0n) is 18.3. The van der Waals surface area contributed by atoms with Gasteiger partial charge in [0.15, 0.2) is 0 Å². The van der Waals surface area contributed by atoms with E-state index in [2.05, 4.69) is 4.90 Å². The summed E-state index contributed by atoms with van der Waals surface area (Å²) in [6.45, 7) is 11.7. The second-order valence-corrected chi connectivity index (χ2v) is 9.64. The zero-order valence-corrected chi connectivity index (χ0v) is 18.3. The quantitative estimate of drug-likeness (QED) is 0.729. The number of likely N-dealkylation sites (N-methyl/N-ethyl adjacent to an activating group) is 1. The molecule has 0 saturated heterocycles. The first-order chi connectivity index (χ1) is 12.9. The number of nitrogens with zero attached hydrogens (tertiary/aromatic N) is 1. The van der Waals surface area contributed by atoms with Gasteiger partial charge in [-0.3, -0.25) is 9.69 Å². The fourth-order valence-electron chi connectivity index (χ4n) is 4.31. The second-order valence-electron chi connectivity index (χ2n) is 9.64. The first-order valence-corrected chi connectivity index (χ1v) is 10.2. The minimum atomic E-state index is -0.783. The van der Waals surface area contributed by atoms with Crippen molar-refractivity contribution in [2.24, 2.45) is 11.8 Å². The normalized spacial score (nSPS) is 25.2. The molecule has 1 N–H and O–H groups in total. The van der Waals surface area contributed by atoms with Gasteiger partial charge in [-0.2, -0.15) is 0 Å². The summed E-state index contributed by atoms with van der Waals surface area (Å²) < 4.78 is 19.5. The van der Waals surface area contributed by atoms with Crippen molar-refractivity contribution in [2.75, 3.05) is 13.7 Å². The van der Waals surface area contributed by atoms with Crippen LogP contribution in [0.2, 0.25) is 0 Å². The van der Waals surface area contributed by atoms with Gasteiger partial charge >= 0.3 is 5.97 Å². The third kappa shape index (κ3) is 4.74. The van der Waals surface area contributed by atoms with Crippen LogP contribution in [0.4, 0.5) is 4.39 Å². The van der Waals surface area contributed by atoms with Crippen molar-refractivity contribution < 1.29 is 19.0 Å². The van der Waals surface area contributed by atoms with E-state index in [4.69, 9.17) is 4.74 Å². The van der Waals surface area contributed by atoms with Crippen molar-refractivity contribution in [3.8, 4) is 0 Å². The number of ether oxygens (including phenoxy) is 1. The number of rotatable bonds is 6. The molecule has 28 heavy (non-hydrogen) atoms. The van der Waals surface area contributed by atoms with Crippen LogP contribution < -0.4 is 0 Å². The molecule has 0 aliphatic heterocycles. The maximum Gasteiger partial charge on any atom is 0.327 e. The molecular weight excluding hydrogens is 357 g/mol. The van der Waals surface area contributed by atoms with E-state index in [-0.39, 0.29) is 42.2 Å². The van der Waals surface area contributed by atoms with Crippen molar-refractivity contribution in [3.63, 3.8) is 0 Å². The van der Waals surface area contributed by atoms with Gasteiger partial charge in [0, 0.05) is 12.6 Å². The molecule has 2 rings (SSSR count). The van der Waals surface area contributed by atoms with Crippen molar-refractivity contribution in [2.45, 2.75) is 77.5 Å². The number of benzene rings is 1. The van der Waals surface area contributed by atoms with Crippen molar-refractivity contribution in [1.82, 2.24) is 4.90 Å². The molecule has 1 saturated carbocycles. The van der Waals surface area contributed by atoms with Crippen LogP contribution in [-0.2, 0) is 9.53 Å². The van der Waals surface area contributed by atoms with Crippen molar-refractivity contribution in [1.29, 1.82) is 0 Å². The van der Waals surface area contributed by atoms with E-state index in [9.17, 15) is 14.3 Å². The molecule has 0 amide bonds. The van der Waals surface area contributed by atoms with Gasteiger partial charge in [-0.15, -0.1) is 0 Å². The molecule has 3 unspecified atom stereocenters. The molecule has 1 aliphatic rings. The van der Waals surface area contributed by atoms with Crippen molar-refractivity contribution >= 4 is 5.97 Å². The molecule has 1 aliphatic carbocycles. The Morgan fingerprint density at radius 1 is 1.29 bits per heavy atom. The van der Waals surface area contributed by atoms with E-state index in [1.165, 1.54) is 6.07 Å². The van der Waals surface area contributed by atoms with Gasteiger partial charge in [-0.25, -0.2) is 4.39 Å². The SMILES string of the molecule is CC(C)[C@@](C)(C(=O)OC(C)(C)C)N(C)C1CC(CO)C(c2cccc(F)c2)C1. The summed E-state index contributed by atoms with van der Waals surface area (Å²) in [7, 11) is 1.97. The Labute approximate surface area is 169 Å². The lowest BCUT2D eigenvalue weighted by atomic mass is 9.85. The van der Waals surface area contributed by atoms with Gasteiger partial charge < -0.3 is 9.84 Å². The predicted octanol–water partition coefficient (Wildman–Crippen LogP) is 4.37. The number of aliphatic hydroxyl groups is 1. The van der Waals surface area contributed by atoms with E-state index < -0.39 is 11.1 Å². The summed E-state index contributed by atoms with van der Waals surface area (Å²) in [5.74, 6) is -0.320. The van der Waals surface area contributed by atoms with Gasteiger partial charge in [-0.1, -0.05) is 26.0 Å². The van der Waals surface area contributed by atoms with Gasteiger partial charge in [0.25, 0.3) is 0 Å². The standard InChI is InChI=1S/C23H36FNO3/c1-15(2)23(6,21(27)28-22(3,4)5)25(7)19-12-17(14-26)20(13-19)16-9-8-10-18(24)11-16/h8-11,15,17,19-20,26H,12-14H2,1-7H3/t17?,19?,20?,23-/m0/s1. The van der Waals surface area contributed by atoms with Gasteiger partial charge in [0.05, 0.1) is 0 Å². The number of aliphatic hydroxyl groups excluding tert-OH is 1. The topological polar surface area (TPSA) is 49.8 Å². The number of carbonyl (C=O) groups is 1. The second kappa shape index (κ2) is 8.50. The van der Waals surface area contributed by atoms with Crippen LogP contribution in [0.3, 0.4) is 0 Å². The van der Waals surface area contributed by atoms with Gasteiger partial charge in [0.2, 0.25) is 0 Å². The molecule has 1 aromatic carbocycles. The lowest BCUT2D eigenvalue weighted by molar-refractivity contribution is -0.173. The Morgan fingerprint density at radius 3 is 2.43 bits per heavy atom. The monoisotopic (exact) mass is 393 g/mol. The summed E-state index contributed by atoms with van der Waals surface area (Å²) >= 11 is 0. The third-order valence-electron chi connectivity index (χ3n) is 6.40. The average Bonchev–Trinajstić information content (AvgIpc) is 3.02. The first kappa shape index (κ1) is 22.8. The third-order valence-corrected chi connectivity index (χ3v) is 6.40. The lowest BCUT2D eigenvalue weighted by Crippen LogP contribution is -2.59. The molecule has 0 radical (unpaired) electrons. The van der Waals surface area contributed by atoms with Crippen LogP contribution >= 0.6 is 0 Å². The highest BCUT2D eigenvalue weighted by molar-refractivity contribution is 5.81. The van der Waals surface area contributed by atoms with Crippen LogP contribution in [0.25, 0.3) is 0 Å². The van der Waals surface area contributed by atoms with Crippen LogP contribution in [0.5, 0.6) is 0 Å². The van der Waals surface area contributed by atoms with E-state index in [1.807, 2.05) is 54.7 Å². The summed E-state index contributed by atoms with van der Waals surface area (Å²) in [6, 6.07) is 6.74. The Kier molecular flexibility index (Phi) is 6.93. The van der Waals surface area contributed by atoms with E-state index in [1.54, 1.807) is 12.1 Å². The highest BCUT2D eigenvalue weighted by Gasteiger charge is 2.49. The van der Waals surface area contributed by atoms with E-state index in [0.29, 0.717) is 0 Å². The molecule has 1 fully saturated rings. The van der Waals surface area contributed by atoms with Gasteiger partial charge in [0.1, 0.15) is 17.0 Å². The first-order valence-electron chi connectivity index (χ1n) is 10.2. The Hall–Kier alpha value is -1.46. The van der Waals surface area contributed by atoms with Crippen LogP contribution in [0.15, 0.2) is 24.3 Å². The predicted molar refractivity (Wildman–Crippen MR) is 110 cm³/mol. The number of carbonyl (C=O) groups excluding carboxylic acids is 1. The van der Waals surface area contributed by atoms with Crippen LogP contribution in [-0.4, -0.2) is 46.8 Å². The lowest BCUT2D eigenvalue weighted by Gasteiger charge is -2.44. The highest BCUT2D eigenvalue weighted by Crippen LogP contribution is 2.44. The van der Waals surface area contributed by atoms with Crippen molar-refractivity contribution in [3.05, 3.63) is 35.6 Å². The maximum absolute atomic E-state index is 13.7. The minimum absolute atomic E-state index is 0.0456. The maximum atomic E-state index is 13.7. The number of halogens is 1. The minimum Gasteiger partial charge on any atom is -0.459 e. The largest absolute Gasteiger partial charge is 0.459 e. The molecule has 0 spiro atoms. The average molecular weight is 394 g/mol. The summed E-state index contributed by atoms with van der Waals surface area (Å²) in [4.78, 5) is 15.2. The fraction of sp³-hybridized carbons (Fsp3) is 0.696. The van der Waals surface area contributed by atoms with Gasteiger partial charge in [-0.05, 0) is 83.0 Å². The molecule has 0 aromatic heterocycles. The summed E-state index contributed by atoms with van der Waals surface area (Å²) in [5, 5.41) is 9.94. The van der Waals surface area contributed by atoms with Crippen LogP contribution in [0, 0.1) is 17.7 Å². The molecule has 4 atom stereocenters. The van der Waals surface area contributed by atoms with Crippen LogP contribution in [0.1, 0.15) is 65.9 Å². The number of hydrogen-bond donors (Lipinski definition) is 1. The Bertz CT molecular complexity index is 685. The molecule has 0 heterocycles. The molecule has 4 nitrogen and oxygen atoms in total. The number of hydrogen-bond acceptors (Lipinski definition) is 4. The molecule has 0 bridgehead atoms. The smallest absolute Gasteiger partial charge is 0.327 e. The Morgan fingerprint density at radius 2 is 1.93 bits per heavy atom. The molecule has 5 heteroatoms. The number of esters is 1. The van der Waals surface area contributed by atoms with E-state index >= 15 is 0 Å². The molecular formula is C23H36FNO3. The summed E-state index contributed by atoms with van der Waals surface area (Å²) in [5.41, 5.74) is -0.422. The molecule has 1 aromatic rings. The fourth-order valence-corrected chi connectivity index (χ4v) is 4.31. The zero-order chi connectivity index (χ0) is 21.3. The Balaban J connectivity index is 2.28. The highest BCUT2D eigenvalue weighted by atomic mass is 19.1. The summed E-state index contributed by atoms with van der Waals surface area (Å²) in [6.07, 6.45) is 1.54.